The highest BCUT2D eigenvalue weighted by atomic mass is 35.5. The Balaban J connectivity index is 1.28. The number of piperazine rings is 1. The van der Waals surface area contributed by atoms with Gasteiger partial charge >= 0.3 is 18.0 Å². The highest BCUT2D eigenvalue weighted by molar-refractivity contribution is 7.11. The minimum absolute atomic E-state index is 0.0399. The fourth-order valence-corrected chi connectivity index (χ4v) is 7.33. The zero-order valence-corrected chi connectivity index (χ0v) is 25.1. The predicted molar refractivity (Wildman–Crippen MR) is 157 cm³/mol. The number of hydrogen-bond donors (Lipinski definition) is 2. The van der Waals surface area contributed by atoms with Crippen LogP contribution in [-0.4, -0.2) is 100 Å². The lowest BCUT2D eigenvalue weighted by atomic mass is 9.95. The normalized spacial score (nSPS) is 25.9. The Bertz CT molecular complexity index is 1490. The molecule has 6 rings (SSSR count). The molecule has 4 heterocycles. The molecule has 2 amide bonds. The van der Waals surface area contributed by atoms with E-state index in [0.717, 1.165) is 0 Å². The first-order chi connectivity index (χ1) is 20.7. The summed E-state index contributed by atoms with van der Waals surface area (Å²) in [5.74, 6) is -1.96. The van der Waals surface area contributed by atoms with Gasteiger partial charge in [-0.25, -0.2) is 19.0 Å². The molecule has 4 atom stereocenters. The van der Waals surface area contributed by atoms with Crippen LogP contribution < -0.4 is 5.32 Å². The van der Waals surface area contributed by atoms with Gasteiger partial charge in [0.2, 0.25) is 0 Å². The second-order valence-electron chi connectivity index (χ2n) is 11.1. The van der Waals surface area contributed by atoms with Crippen molar-refractivity contribution < 1.29 is 28.6 Å². The van der Waals surface area contributed by atoms with E-state index in [0.29, 0.717) is 74.1 Å². The van der Waals surface area contributed by atoms with Crippen molar-refractivity contribution >= 4 is 46.7 Å². The van der Waals surface area contributed by atoms with Crippen LogP contribution in [-0.2, 0) is 14.3 Å². The number of esters is 1. The number of aliphatic carboxylic acids is 1. The number of urea groups is 1. The van der Waals surface area contributed by atoms with Crippen molar-refractivity contribution in [1.82, 2.24) is 25.0 Å². The molecule has 11 nitrogen and oxygen atoms in total. The second-order valence-corrected chi connectivity index (χ2v) is 12.4. The van der Waals surface area contributed by atoms with Crippen molar-refractivity contribution in [1.29, 1.82) is 0 Å². The number of ether oxygens (including phenoxy) is 1. The summed E-state index contributed by atoms with van der Waals surface area (Å²) in [4.78, 5) is 53.3. The molecular weight excluding hydrogens is 599 g/mol. The van der Waals surface area contributed by atoms with Crippen LogP contribution in [0.1, 0.15) is 42.8 Å². The van der Waals surface area contributed by atoms with Gasteiger partial charge < -0.3 is 25.0 Å². The monoisotopic (exact) mass is 630 g/mol. The first-order valence-electron chi connectivity index (χ1n) is 14.4. The molecule has 1 aliphatic carbocycles. The number of fused-ring (bicyclic) bond motifs is 1. The Hall–Kier alpha value is -3.55. The number of hydrogen-bond acceptors (Lipinski definition) is 9. The van der Waals surface area contributed by atoms with Gasteiger partial charge in [-0.05, 0) is 32.3 Å². The Morgan fingerprint density at radius 3 is 2.77 bits per heavy atom. The summed E-state index contributed by atoms with van der Waals surface area (Å²) in [6.45, 7) is 4.34. The number of rotatable bonds is 8. The van der Waals surface area contributed by atoms with Crippen molar-refractivity contribution in [3.05, 3.63) is 62.5 Å². The Kier molecular flexibility index (Phi) is 8.38. The first kappa shape index (κ1) is 29.5. The number of nitrogens with one attached hydrogen (secondary N) is 1. The van der Waals surface area contributed by atoms with Crippen molar-refractivity contribution in [2.24, 2.45) is 10.9 Å². The summed E-state index contributed by atoms with van der Waals surface area (Å²) in [5.41, 5.74) is 1.14. The number of nitrogens with zero attached hydrogens (tertiary/aromatic N) is 5. The molecule has 2 unspecified atom stereocenters. The average Bonchev–Trinajstić information content (AvgIpc) is 3.75. The third-order valence-electron chi connectivity index (χ3n) is 8.57. The summed E-state index contributed by atoms with van der Waals surface area (Å²) < 4.78 is 20.1. The number of amides is 2. The van der Waals surface area contributed by atoms with E-state index in [-0.39, 0.29) is 35.3 Å². The number of thiazole rings is 1. The molecule has 2 aromatic rings. The number of carbonyl (C=O) groups excluding carboxylic acids is 2. The minimum atomic E-state index is -0.924. The molecule has 1 aromatic heterocycles. The highest BCUT2D eigenvalue weighted by Gasteiger charge is 2.46. The van der Waals surface area contributed by atoms with Crippen molar-refractivity contribution in [2.45, 2.75) is 44.3 Å². The number of amidine groups is 1. The summed E-state index contributed by atoms with van der Waals surface area (Å²) in [6.07, 6.45) is 3.41. The predicted octanol–water partition coefficient (Wildman–Crippen LogP) is 3.52. The van der Waals surface area contributed by atoms with E-state index in [9.17, 15) is 23.9 Å². The van der Waals surface area contributed by atoms with Crippen molar-refractivity contribution in [3.8, 4) is 0 Å². The topological polar surface area (TPSA) is 128 Å². The van der Waals surface area contributed by atoms with Crippen LogP contribution in [0.2, 0.25) is 5.02 Å². The number of carboxylic acids is 1. The number of halogens is 2. The van der Waals surface area contributed by atoms with Gasteiger partial charge in [-0.1, -0.05) is 23.7 Å². The summed E-state index contributed by atoms with van der Waals surface area (Å²) >= 11 is 7.80. The first-order valence-corrected chi connectivity index (χ1v) is 15.6. The van der Waals surface area contributed by atoms with Crippen LogP contribution >= 0.6 is 22.9 Å². The lowest BCUT2D eigenvalue weighted by Crippen LogP contribution is -2.53. The molecule has 0 radical (unpaired) electrons. The van der Waals surface area contributed by atoms with E-state index in [1.807, 2.05) is 15.2 Å². The van der Waals surface area contributed by atoms with Gasteiger partial charge in [-0.15, -0.1) is 11.3 Å². The standard InChI is InChI=1S/C29H32ClFN6O5S/c1-2-42-28(40)22-21(33-25(26-32-8-11-43-26)34-24(22)19-4-3-5-20(31)23(19)30)15-35-9-10-36-18(13-35)14-37(29(36)41)17-7-6-16(12-17)27(38)39/h3-5,8,11,16-18,24H,2,6-7,9-10,12-15H2,1H3,(H,33,34)(H,38,39)/t16?,17?,18-,24-/m0/s1. The van der Waals surface area contributed by atoms with Gasteiger partial charge in [0.1, 0.15) is 11.9 Å². The maximum atomic E-state index is 14.6. The summed E-state index contributed by atoms with van der Waals surface area (Å²) in [5, 5.41) is 15.1. The quantitative estimate of drug-likeness (QED) is 0.424. The van der Waals surface area contributed by atoms with Gasteiger partial charge in [0, 0.05) is 61.6 Å². The number of aliphatic imine (C=N–C) groups is 1. The molecule has 1 saturated carbocycles. The molecule has 43 heavy (non-hydrogen) atoms. The van der Waals surface area contributed by atoms with Crippen LogP contribution in [0.15, 0.2) is 46.0 Å². The maximum absolute atomic E-state index is 14.6. The highest BCUT2D eigenvalue weighted by Crippen LogP contribution is 2.38. The summed E-state index contributed by atoms with van der Waals surface area (Å²) in [7, 11) is 0. The smallest absolute Gasteiger partial charge is 0.338 e. The molecule has 14 heteroatoms. The van der Waals surface area contributed by atoms with Gasteiger partial charge in [0.25, 0.3) is 0 Å². The van der Waals surface area contributed by atoms with Crippen LogP contribution in [0.3, 0.4) is 0 Å². The van der Waals surface area contributed by atoms with E-state index in [2.05, 4.69) is 15.2 Å². The molecule has 3 aliphatic heterocycles. The number of carboxylic acid groups (broad SMARTS) is 1. The van der Waals surface area contributed by atoms with E-state index in [1.165, 1.54) is 23.5 Å². The van der Waals surface area contributed by atoms with Crippen LogP contribution in [0.25, 0.3) is 0 Å². The van der Waals surface area contributed by atoms with E-state index in [1.54, 1.807) is 19.2 Å². The fourth-order valence-electron chi connectivity index (χ4n) is 6.51. The zero-order chi connectivity index (χ0) is 30.2. The molecule has 0 spiro atoms. The molecule has 1 aromatic carbocycles. The fraction of sp³-hybridized carbons (Fsp3) is 0.483. The minimum Gasteiger partial charge on any atom is -0.481 e. The van der Waals surface area contributed by atoms with Gasteiger partial charge in [-0.2, -0.15) is 0 Å². The molecule has 2 N–H and O–H groups in total. The molecule has 0 bridgehead atoms. The molecule has 2 saturated heterocycles. The Morgan fingerprint density at radius 2 is 2.05 bits per heavy atom. The third-order valence-corrected chi connectivity index (χ3v) is 9.75. The molecule has 228 valence electrons. The Morgan fingerprint density at radius 1 is 1.21 bits per heavy atom. The lowest BCUT2D eigenvalue weighted by Gasteiger charge is -2.38. The van der Waals surface area contributed by atoms with Gasteiger partial charge in [0.15, 0.2) is 10.8 Å². The van der Waals surface area contributed by atoms with E-state index < -0.39 is 29.7 Å². The maximum Gasteiger partial charge on any atom is 0.338 e. The van der Waals surface area contributed by atoms with Gasteiger partial charge in [-0.3, -0.25) is 14.7 Å². The lowest BCUT2D eigenvalue weighted by molar-refractivity contribution is -0.141. The zero-order valence-electron chi connectivity index (χ0n) is 23.5. The van der Waals surface area contributed by atoms with Crippen molar-refractivity contribution in [2.75, 3.05) is 39.3 Å². The Labute approximate surface area is 257 Å². The van der Waals surface area contributed by atoms with E-state index >= 15 is 0 Å². The van der Waals surface area contributed by atoms with Crippen LogP contribution in [0.4, 0.5) is 9.18 Å². The van der Waals surface area contributed by atoms with E-state index in [4.69, 9.17) is 21.3 Å². The average molecular weight is 631 g/mol. The number of aromatic nitrogens is 1. The van der Waals surface area contributed by atoms with Crippen LogP contribution in [0.5, 0.6) is 0 Å². The SMILES string of the molecule is CCOC(=O)C1=C(CN2CCN3C(=O)N(C4CCC(C(=O)O)C4)C[C@@H]3C2)NC(c2nccs2)=N[C@H]1c1cccc(F)c1Cl. The summed E-state index contributed by atoms with van der Waals surface area (Å²) in [6, 6.07) is 3.34. The van der Waals surface area contributed by atoms with Crippen molar-refractivity contribution in [3.63, 3.8) is 0 Å². The molecule has 3 fully saturated rings. The molecular formula is C29H32ClFN6O5S. The third kappa shape index (κ3) is 5.73. The largest absolute Gasteiger partial charge is 0.481 e. The van der Waals surface area contributed by atoms with Crippen LogP contribution in [0, 0.1) is 11.7 Å². The van der Waals surface area contributed by atoms with Gasteiger partial charge in [0.05, 0.1) is 29.2 Å². The molecule has 4 aliphatic rings. The second kappa shape index (κ2) is 12.2. The number of benzene rings is 1. The number of carbonyl (C=O) groups is 3.